The van der Waals surface area contributed by atoms with Gasteiger partial charge in [0.1, 0.15) is 12.0 Å². The maximum absolute atomic E-state index is 13.4. The summed E-state index contributed by atoms with van der Waals surface area (Å²) >= 11 is 6.24. The molecule has 0 saturated carbocycles. The van der Waals surface area contributed by atoms with Gasteiger partial charge < -0.3 is 19.7 Å². The van der Waals surface area contributed by atoms with Gasteiger partial charge in [-0.1, -0.05) is 76.6 Å². The number of benzene rings is 3. The normalized spacial score (nSPS) is 12.1. The first-order valence-electron chi connectivity index (χ1n) is 13.5. The highest BCUT2D eigenvalue weighted by Crippen LogP contribution is 2.35. The molecule has 0 heterocycles. The van der Waals surface area contributed by atoms with Gasteiger partial charge in [-0.15, -0.1) is 0 Å². The number of hydrogen-bond donors (Lipinski definition) is 1. The summed E-state index contributed by atoms with van der Waals surface area (Å²) in [6.07, 6.45) is 1.39. The summed E-state index contributed by atoms with van der Waals surface area (Å²) in [7, 11) is 1.58. The molecular formula is C33H39ClN2O4. The maximum Gasteiger partial charge on any atom is 0.257 e. The van der Waals surface area contributed by atoms with Crippen molar-refractivity contribution >= 4 is 41.1 Å². The lowest BCUT2D eigenvalue weighted by Crippen LogP contribution is -2.42. The number of rotatable bonds is 10. The molecule has 0 radical (unpaired) electrons. The van der Waals surface area contributed by atoms with E-state index in [2.05, 4.69) is 19.2 Å². The van der Waals surface area contributed by atoms with Crippen LogP contribution in [0.5, 0.6) is 5.75 Å². The van der Waals surface area contributed by atoms with Crippen LogP contribution in [0.1, 0.15) is 67.6 Å². The highest BCUT2D eigenvalue weighted by Gasteiger charge is 2.31. The third kappa shape index (κ3) is 7.51. The topological polar surface area (TPSA) is 75.7 Å². The average Bonchev–Trinajstić information content (AvgIpc) is 2.90. The third-order valence-corrected chi connectivity index (χ3v) is 6.95. The largest absolute Gasteiger partial charge is 0.495 e. The molecule has 1 atom stereocenters. The van der Waals surface area contributed by atoms with Crippen LogP contribution in [0, 0.1) is 18.3 Å². The highest BCUT2D eigenvalue weighted by molar-refractivity contribution is 6.34. The molecule has 0 bridgehead atoms. The Morgan fingerprint density at radius 1 is 1.05 bits per heavy atom. The molecule has 3 aromatic carbocycles. The number of nitrogens with one attached hydrogen (secondary N) is 1. The molecule has 0 aliphatic carbocycles. The van der Waals surface area contributed by atoms with E-state index in [0.29, 0.717) is 40.7 Å². The van der Waals surface area contributed by atoms with E-state index in [-0.39, 0.29) is 17.7 Å². The number of anilines is 2. The lowest BCUT2D eigenvalue weighted by Gasteiger charge is -2.32. The van der Waals surface area contributed by atoms with Crippen molar-refractivity contribution in [3.63, 3.8) is 0 Å². The Morgan fingerprint density at radius 3 is 2.27 bits per heavy atom. The first kappa shape index (κ1) is 30.9. The predicted octanol–water partition coefficient (Wildman–Crippen LogP) is 7.47. The molecule has 0 aliphatic heterocycles. The van der Waals surface area contributed by atoms with Crippen molar-refractivity contribution < 1.29 is 19.1 Å². The molecule has 3 aromatic rings. The van der Waals surface area contributed by atoms with E-state index >= 15 is 0 Å². The predicted molar refractivity (Wildman–Crippen MR) is 163 cm³/mol. The van der Waals surface area contributed by atoms with Crippen LogP contribution in [-0.4, -0.2) is 31.8 Å². The summed E-state index contributed by atoms with van der Waals surface area (Å²) in [6.45, 7) is 12.2. The van der Waals surface area contributed by atoms with Gasteiger partial charge in [-0.25, -0.2) is 0 Å². The number of ether oxygens (including phenoxy) is 1. The van der Waals surface area contributed by atoms with E-state index in [1.165, 1.54) is 0 Å². The molecule has 0 fully saturated rings. The molecule has 40 heavy (non-hydrogen) atoms. The fourth-order valence-corrected chi connectivity index (χ4v) is 4.85. The van der Waals surface area contributed by atoms with Gasteiger partial charge in [0.25, 0.3) is 5.91 Å². The monoisotopic (exact) mass is 562 g/mol. The van der Waals surface area contributed by atoms with Crippen molar-refractivity contribution in [2.45, 2.75) is 53.9 Å². The SMILES string of the molecule is COc1ccc(C(C=O)Cc2ccc(NC(=O)c3c(C)cccc3Cl)cc2)cc1N(CC(C)C)C(=O)C(C)(C)C. The first-order valence-corrected chi connectivity index (χ1v) is 13.8. The number of aldehydes is 1. The number of aryl methyl sites for hydroxylation is 1. The van der Waals surface area contributed by atoms with E-state index in [4.69, 9.17) is 16.3 Å². The van der Waals surface area contributed by atoms with Crippen molar-refractivity contribution in [2.24, 2.45) is 11.3 Å². The summed E-state index contributed by atoms with van der Waals surface area (Å²) in [6, 6.07) is 18.3. The van der Waals surface area contributed by atoms with Crippen LogP contribution < -0.4 is 15.0 Å². The number of carbonyl (C=O) groups excluding carboxylic acids is 3. The molecule has 6 nitrogen and oxygen atoms in total. The van der Waals surface area contributed by atoms with Gasteiger partial charge in [0.05, 0.1) is 23.4 Å². The molecule has 7 heteroatoms. The van der Waals surface area contributed by atoms with Crippen LogP contribution in [0.2, 0.25) is 5.02 Å². The lowest BCUT2D eigenvalue weighted by atomic mass is 9.91. The Hall–Kier alpha value is -3.64. The average molecular weight is 563 g/mol. The Kier molecular flexibility index (Phi) is 10.2. The van der Waals surface area contributed by atoms with E-state index in [1.54, 1.807) is 18.1 Å². The van der Waals surface area contributed by atoms with Crippen LogP contribution in [-0.2, 0) is 16.0 Å². The van der Waals surface area contributed by atoms with Gasteiger partial charge >= 0.3 is 0 Å². The van der Waals surface area contributed by atoms with E-state index in [0.717, 1.165) is 23.0 Å². The van der Waals surface area contributed by atoms with Crippen LogP contribution in [0.25, 0.3) is 0 Å². The zero-order chi connectivity index (χ0) is 29.6. The third-order valence-electron chi connectivity index (χ3n) is 6.64. The fourth-order valence-electron chi connectivity index (χ4n) is 4.54. The van der Waals surface area contributed by atoms with Gasteiger partial charge in [0, 0.05) is 23.6 Å². The Balaban J connectivity index is 1.84. The van der Waals surface area contributed by atoms with Gasteiger partial charge in [0.15, 0.2) is 0 Å². The van der Waals surface area contributed by atoms with Crippen molar-refractivity contribution in [3.8, 4) is 5.75 Å². The van der Waals surface area contributed by atoms with Gasteiger partial charge in [-0.05, 0) is 66.3 Å². The molecule has 3 rings (SSSR count). The molecule has 0 aliphatic rings. The Morgan fingerprint density at radius 2 is 1.73 bits per heavy atom. The number of methoxy groups -OCH3 is 1. The second-order valence-electron chi connectivity index (χ2n) is 11.5. The van der Waals surface area contributed by atoms with Gasteiger partial charge in [0.2, 0.25) is 5.91 Å². The smallest absolute Gasteiger partial charge is 0.257 e. The minimum atomic E-state index is -0.582. The molecule has 1 unspecified atom stereocenters. The minimum Gasteiger partial charge on any atom is -0.495 e. The first-order chi connectivity index (χ1) is 18.8. The van der Waals surface area contributed by atoms with Crippen LogP contribution in [0.3, 0.4) is 0 Å². The molecule has 0 aromatic heterocycles. The highest BCUT2D eigenvalue weighted by atomic mass is 35.5. The summed E-state index contributed by atoms with van der Waals surface area (Å²) in [5, 5.41) is 3.29. The van der Waals surface area contributed by atoms with Crippen molar-refractivity contribution in [1.82, 2.24) is 0 Å². The molecule has 0 saturated heterocycles. The maximum atomic E-state index is 13.4. The number of nitrogens with zero attached hydrogens (tertiary/aromatic N) is 1. The van der Waals surface area contributed by atoms with Crippen molar-refractivity contribution in [2.75, 3.05) is 23.9 Å². The summed E-state index contributed by atoms with van der Waals surface area (Å²) in [5.74, 6) is 0.108. The number of halogens is 1. The van der Waals surface area contributed by atoms with E-state index in [1.807, 2.05) is 82.3 Å². The van der Waals surface area contributed by atoms with Crippen LogP contribution in [0.15, 0.2) is 60.7 Å². The van der Waals surface area contributed by atoms with Gasteiger partial charge in [-0.2, -0.15) is 0 Å². The second kappa shape index (κ2) is 13.1. The quantitative estimate of drug-likeness (QED) is 0.260. The summed E-state index contributed by atoms with van der Waals surface area (Å²) < 4.78 is 5.62. The number of carbonyl (C=O) groups is 3. The zero-order valence-corrected chi connectivity index (χ0v) is 25.1. The molecule has 2 amide bonds. The van der Waals surface area contributed by atoms with Crippen LogP contribution >= 0.6 is 11.6 Å². The van der Waals surface area contributed by atoms with Crippen molar-refractivity contribution in [1.29, 1.82) is 0 Å². The minimum absolute atomic E-state index is 0.0103. The van der Waals surface area contributed by atoms with E-state index < -0.39 is 11.3 Å². The molecule has 0 spiro atoms. The van der Waals surface area contributed by atoms with Gasteiger partial charge in [-0.3, -0.25) is 9.59 Å². The molecule has 1 N–H and O–H groups in total. The Bertz CT molecular complexity index is 1340. The molecular weight excluding hydrogens is 524 g/mol. The Labute approximate surface area is 242 Å². The van der Waals surface area contributed by atoms with E-state index in [9.17, 15) is 14.4 Å². The summed E-state index contributed by atoms with van der Waals surface area (Å²) in [5.41, 5.74) is 3.69. The standard InChI is InChI=1S/C33H39ClN2O4/c1-21(2)19-36(32(39)33(4,5)6)28-18-24(13-16-29(28)40-7)25(20-37)17-23-11-14-26(15-12-23)35-31(38)30-22(3)9-8-10-27(30)34/h8-16,18,20-21,25H,17,19H2,1-7H3,(H,35,38). The van der Waals surface area contributed by atoms with Crippen LogP contribution in [0.4, 0.5) is 11.4 Å². The zero-order valence-electron chi connectivity index (χ0n) is 24.4. The molecule has 212 valence electrons. The summed E-state index contributed by atoms with van der Waals surface area (Å²) in [4.78, 5) is 40.2. The lowest BCUT2D eigenvalue weighted by molar-refractivity contribution is -0.125. The van der Waals surface area contributed by atoms with Crippen molar-refractivity contribution in [3.05, 3.63) is 87.9 Å². The number of hydrogen-bond acceptors (Lipinski definition) is 4. The second-order valence-corrected chi connectivity index (χ2v) is 11.9. The fraction of sp³-hybridized carbons (Fsp3) is 0.364. The number of amides is 2.